The number of thioether (sulfide) groups is 1. The molecular weight excluding hydrogens is 276 g/mol. The lowest BCUT2D eigenvalue weighted by Gasteiger charge is -2.30. The van der Waals surface area contributed by atoms with Crippen molar-refractivity contribution in [2.24, 2.45) is 5.73 Å². The second kappa shape index (κ2) is 6.84. The molecule has 0 aromatic heterocycles. The van der Waals surface area contributed by atoms with Crippen LogP contribution in [0, 0.1) is 0 Å². The fourth-order valence-electron chi connectivity index (χ4n) is 1.73. The number of carboxylic acid groups (broad SMARTS) is 1. The molecule has 1 heterocycles. The summed E-state index contributed by atoms with van der Waals surface area (Å²) in [7, 11) is 0. The third-order valence-electron chi connectivity index (χ3n) is 3.00. The van der Waals surface area contributed by atoms with E-state index in [9.17, 15) is 25.2 Å². The van der Waals surface area contributed by atoms with E-state index in [1.807, 2.05) is 0 Å². The summed E-state index contributed by atoms with van der Waals surface area (Å²) in [5.74, 6) is -0.803. The van der Waals surface area contributed by atoms with Gasteiger partial charge in [-0.05, 0) is 6.92 Å². The monoisotopic (exact) mass is 296 g/mol. The van der Waals surface area contributed by atoms with E-state index in [4.69, 9.17) is 10.8 Å². The van der Waals surface area contributed by atoms with Crippen LogP contribution in [-0.4, -0.2) is 79.1 Å². The van der Waals surface area contributed by atoms with Crippen molar-refractivity contribution in [1.29, 1.82) is 0 Å². The van der Waals surface area contributed by atoms with E-state index >= 15 is 0 Å². The Bertz CT molecular complexity index is 318. The van der Waals surface area contributed by atoms with Crippen LogP contribution in [0.25, 0.3) is 0 Å². The summed E-state index contributed by atoms with van der Waals surface area (Å²) >= 11 is 1.13. The molecule has 0 saturated carbocycles. The Labute approximate surface area is 114 Å². The molecule has 112 valence electrons. The van der Waals surface area contributed by atoms with Crippen molar-refractivity contribution in [3.63, 3.8) is 0 Å². The van der Waals surface area contributed by atoms with E-state index in [2.05, 4.69) is 5.32 Å². The van der Waals surface area contributed by atoms with Crippen LogP contribution in [0.3, 0.4) is 0 Å². The largest absolute Gasteiger partial charge is 0.480 e. The van der Waals surface area contributed by atoms with Gasteiger partial charge in [-0.25, -0.2) is 0 Å². The average molecular weight is 296 g/mol. The first-order valence-corrected chi connectivity index (χ1v) is 6.89. The maximum absolute atomic E-state index is 10.7. The zero-order chi connectivity index (χ0) is 14.7. The molecule has 1 aliphatic rings. The van der Waals surface area contributed by atoms with Crippen LogP contribution < -0.4 is 11.1 Å². The van der Waals surface area contributed by atoms with Crippen LogP contribution in [0.2, 0.25) is 0 Å². The molecular formula is C10H20N2O6S. The maximum atomic E-state index is 10.7. The first-order chi connectivity index (χ1) is 8.75. The number of rotatable bonds is 6. The third kappa shape index (κ3) is 4.02. The molecule has 9 heteroatoms. The van der Waals surface area contributed by atoms with Gasteiger partial charge >= 0.3 is 5.97 Å². The number of carbonyl (C=O) groups is 1. The van der Waals surface area contributed by atoms with Crippen molar-refractivity contribution in [2.45, 2.75) is 48.8 Å². The first-order valence-electron chi connectivity index (χ1n) is 5.84. The molecule has 2 unspecified atom stereocenters. The van der Waals surface area contributed by atoms with Crippen LogP contribution in [-0.2, 0) is 4.79 Å². The van der Waals surface area contributed by atoms with Crippen LogP contribution in [0.5, 0.6) is 0 Å². The van der Waals surface area contributed by atoms with Gasteiger partial charge in [-0.1, -0.05) is 0 Å². The van der Waals surface area contributed by atoms with Crippen molar-refractivity contribution in [1.82, 2.24) is 5.32 Å². The lowest BCUT2D eigenvalue weighted by molar-refractivity contribution is -0.139. The van der Waals surface area contributed by atoms with Gasteiger partial charge < -0.3 is 31.3 Å². The van der Waals surface area contributed by atoms with Crippen molar-refractivity contribution in [2.75, 3.05) is 5.75 Å². The molecule has 1 saturated heterocycles. The highest BCUT2D eigenvalue weighted by atomic mass is 32.2. The number of aliphatic carboxylic acids is 1. The minimum absolute atomic E-state index is 0.246. The maximum Gasteiger partial charge on any atom is 0.321 e. The molecule has 1 aliphatic heterocycles. The molecule has 8 nitrogen and oxygen atoms in total. The first kappa shape index (κ1) is 16.6. The van der Waals surface area contributed by atoms with E-state index in [-0.39, 0.29) is 5.75 Å². The Hall–Kier alpha value is -0.420. The smallest absolute Gasteiger partial charge is 0.321 e. The molecule has 0 aromatic carbocycles. The molecule has 7 atom stereocenters. The fourth-order valence-corrected chi connectivity index (χ4v) is 2.99. The van der Waals surface area contributed by atoms with Gasteiger partial charge in [-0.2, -0.15) is 0 Å². The topological polar surface area (TPSA) is 156 Å². The van der Waals surface area contributed by atoms with Gasteiger partial charge in [0.15, 0.2) is 0 Å². The van der Waals surface area contributed by atoms with Gasteiger partial charge in [0.2, 0.25) is 0 Å². The van der Waals surface area contributed by atoms with E-state index in [1.165, 1.54) is 6.92 Å². The zero-order valence-corrected chi connectivity index (χ0v) is 11.2. The van der Waals surface area contributed by atoms with Crippen LogP contribution in [0.1, 0.15) is 6.92 Å². The van der Waals surface area contributed by atoms with Crippen molar-refractivity contribution < 1.29 is 30.3 Å². The van der Waals surface area contributed by atoms with Gasteiger partial charge in [-0.15, -0.1) is 11.8 Å². The Balaban J connectivity index is 2.58. The molecule has 1 rings (SSSR count). The van der Waals surface area contributed by atoms with Crippen molar-refractivity contribution >= 4 is 17.7 Å². The van der Waals surface area contributed by atoms with Crippen molar-refractivity contribution in [3.05, 3.63) is 0 Å². The highest BCUT2D eigenvalue weighted by Gasteiger charge is 2.40. The lowest BCUT2D eigenvalue weighted by atomic mass is 9.98. The molecule has 0 amide bonds. The Kier molecular flexibility index (Phi) is 5.99. The minimum atomic E-state index is -1.63. The molecule has 0 aliphatic carbocycles. The summed E-state index contributed by atoms with van der Waals surface area (Å²) in [6.07, 6.45) is -6.04. The fraction of sp³-hybridized carbons (Fsp3) is 0.900. The molecule has 0 spiro atoms. The number of aliphatic hydroxyl groups is 4. The third-order valence-corrected chi connectivity index (χ3v) is 4.30. The highest BCUT2D eigenvalue weighted by molar-refractivity contribution is 8.00. The molecule has 0 radical (unpaired) electrons. The molecule has 0 aromatic rings. The van der Waals surface area contributed by atoms with E-state index in [0.717, 1.165) is 11.8 Å². The summed E-state index contributed by atoms with van der Waals surface area (Å²) < 4.78 is 0. The summed E-state index contributed by atoms with van der Waals surface area (Å²) in [5.41, 5.74) is 5.39. The number of nitrogens with one attached hydrogen (secondary N) is 1. The number of hydrogen-bond acceptors (Lipinski definition) is 8. The summed E-state index contributed by atoms with van der Waals surface area (Å²) in [6, 6.07) is -1.58. The van der Waals surface area contributed by atoms with Crippen LogP contribution in [0.15, 0.2) is 0 Å². The molecule has 0 bridgehead atoms. The summed E-state index contributed by atoms with van der Waals surface area (Å²) in [4.78, 5) is 10.7. The normalized spacial score (nSPS) is 31.5. The van der Waals surface area contributed by atoms with Crippen LogP contribution in [0.4, 0.5) is 0 Å². The molecule has 8 N–H and O–H groups in total. The summed E-state index contributed by atoms with van der Waals surface area (Å²) in [6.45, 7) is 1.45. The quantitative estimate of drug-likeness (QED) is 0.269. The summed E-state index contributed by atoms with van der Waals surface area (Å²) in [5, 5.41) is 49.5. The lowest BCUT2D eigenvalue weighted by Crippen LogP contribution is -2.55. The standard InChI is InChI=1S/C10H20N2O6S/c1-3(11)5(13)6(14)7(15)8(16)9-12-4(2-19-9)10(17)18/h3-9,12-16H,2,11H2,1H3,(H,17,18)/t3-,4-,5+,6-,7-,8?,9?/m0/s1. The van der Waals surface area contributed by atoms with Gasteiger partial charge in [0.05, 0.1) is 11.5 Å². The zero-order valence-electron chi connectivity index (χ0n) is 10.4. The van der Waals surface area contributed by atoms with E-state index in [1.54, 1.807) is 0 Å². The minimum Gasteiger partial charge on any atom is -0.480 e. The van der Waals surface area contributed by atoms with Crippen molar-refractivity contribution in [3.8, 4) is 0 Å². The highest BCUT2D eigenvalue weighted by Crippen LogP contribution is 2.24. The second-order valence-corrected chi connectivity index (χ2v) is 5.81. The van der Waals surface area contributed by atoms with Gasteiger partial charge in [0.25, 0.3) is 0 Å². The molecule has 19 heavy (non-hydrogen) atoms. The molecule has 1 fully saturated rings. The Morgan fingerprint density at radius 1 is 1.26 bits per heavy atom. The van der Waals surface area contributed by atoms with Gasteiger partial charge in [-0.3, -0.25) is 10.1 Å². The van der Waals surface area contributed by atoms with E-state index in [0.29, 0.717) is 0 Å². The number of hydrogen-bond donors (Lipinski definition) is 7. The van der Waals surface area contributed by atoms with Gasteiger partial charge in [0.1, 0.15) is 24.4 Å². The van der Waals surface area contributed by atoms with Crippen LogP contribution >= 0.6 is 11.8 Å². The number of carboxylic acids is 1. The predicted molar refractivity (Wildman–Crippen MR) is 68.5 cm³/mol. The second-order valence-electron chi connectivity index (χ2n) is 4.63. The predicted octanol–water partition coefficient (Wildman–Crippen LogP) is -3.11. The number of aliphatic hydroxyl groups excluding tert-OH is 4. The van der Waals surface area contributed by atoms with Gasteiger partial charge in [0, 0.05) is 11.8 Å². The average Bonchev–Trinajstić information content (AvgIpc) is 2.84. The number of nitrogens with two attached hydrogens (primary N) is 1. The SMILES string of the molecule is C[C@H](N)[C@@H](O)[C@H](O)[C@H](O)C(O)C1N[C@H](C(=O)O)CS1. The van der Waals surface area contributed by atoms with E-state index < -0.39 is 47.8 Å². The Morgan fingerprint density at radius 3 is 2.26 bits per heavy atom. The Morgan fingerprint density at radius 2 is 1.84 bits per heavy atom.